The lowest BCUT2D eigenvalue weighted by Gasteiger charge is -2.42. The number of hydrogen-bond acceptors (Lipinski definition) is 4. The summed E-state index contributed by atoms with van der Waals surface area (Å²) in [5.74, 6) is 1.16. The van der Waals surface area contributed by atoms with Crippen LogP contribution in [-0.4, -0.2) is 61.2 Å². The normalized spacial score (nSPS) is 22.3. The zero-order valence-electron chi connectivity index (χ0n) is 16.7. The Balaban J connectivity index is 2.17. The number of methoxy groups -OCH3 is 1. The maximum atomic E-state index is 13.3. The van der Waals surface area contributed by atoms with Gasteiger partial charge in [0, 0.05) is 36.7 Å². The van der Waals surface area contributed by atoms with Crippen molar-refractivity contribution < 1.29 is 14.3 Å². The summed E-state index contributed by atoms with van der Waals surface area (Å²) in [6.07, 6.45) is 0.284. The van der Waals surface area contributed by atoms with Crippen LogP contribution in [0.1, 0.15) is 33.3 Å². The second kappa shape index (κ2) is 9.20. The van der Waals surface area contributed by atoms with Crippen LogP contribution in [0.4, 0.5) is 0 Å². The Morgan fingerprint density at radius 3 is 2.50 bits per heavy atom. The molecule has 2 rings (SSSR count). The standard InChI is InChI=1S/C20H31BrN2O3/c1-13(2)19(23-10-14(3)26-15(4)11-23)20(24)22(5)12-16-9-17(21)7-8-18(16)25-6/h7-9,13-15,19H,10-12H2,1-6H3/t14-,15+,19-/m0/s1. The van der Waals surface area contributed by atoms with Crippen LogP contribution in [-0.2, 0) is 16.1 Å². The highest BCUT2D eigenvalue weighted by Gasteiger charge is 2.35. The van der Waals surface area contributed by atoms with E-state index in [1.165, 1.54) is 0 Å². The van der Waals surface area contributed by atoms with Crippen molar-refractivity contribution >= 4 is 21.8 Å². The quantitative estimate of drug-likeness (QED) is 0.697. The van der Waals surface area contributed by atoms with Gasteiger partial charge in [0.15, 0.2) is 0 Å². The Hall–Kier alpha value is -1.11. The number of benzene rings is 1. The third-order valence-electron chi connectivity index (χ3n) is 4.75. The Morgan fingerprint density at radius 2 is 1.96 bits per heavy atom. The molecule has 0 N–H and O–H groups in total. The van der Waals surface area contributed by atoms with Crippen LogP contribution < -0.4 is 4.74 Å². The molecule has 0 bridgehead atoms. The van der Waals surface area contributed by atoms with E-state index in [1.807, 2.05) is 25.2 Å². The first-order valence-corrected chi connectivity index (χ1v) is 9.99. The Bertz CT molecular complexity index is 613. The summed E-state index contributed by atoms with van der Waals surface area (Å²) in [7, 11) is 3.52. The molecular weight excluding hydrogens is 396 g/mol. The molecule has 6 heteroatoms. The highest BCUT2D eigenvalue weighted by molar-refractivity contribution is 9.10. The summed E-state index contributed by atoms with van der Waals surface area (Å²) in [5.41, 5.74) is 0.990. The van der Waals surface area contributed by atoms with Crippen molar-refractivity contribution in [1.29, 1.82) is 0 Å². The van der Waals surface area contributed by atoms with Crippen LogP contribution in [0.5, 0.6) is 5.75 Å². The molecule has 0 aromatic heterocycles. The lowest BCUT2D eigenvalue weighted by atomic mass is 9.99. The summed E-state index contributed by atoms with van der Waals surface area (Å²) in [5, 5.41) is 0. The molecule has 146 valence electrons. The van der Waals surface area contributed by atoms with Crippen molar-refractivity contribution in [2.75, 3.05) is 27.2 Å². The van der Waals surface area contributed by atoms with Gasteiger partial charge >= 0.3 is 0 Å². The number of morpholine rings is 1. The zero-order chi connectivity index (χ0) is 19.4. The van der Waals surface area contributed by atoms with Crippen molar-refractivity contribution in [3.05, 3.63) is 28.2 Å². The van der Waals surface area contributed by atoms with Gasteiger partial charge in [-0.1, -0.05) is 29.8 Å². The number of hydrogen-bond donors (Lipinski definition) is 0. The molecular formula is C20H31BrN2O3. The van der Waals surface area contributed by atoms with E-state index in [4.69, 9.17) is 9.47 Å². The molecule has 0 saturated carbocycles. The minimum atomic E-state index is -0.146. The fourth-order valence-electron chi connectivity index (χ4n) is 3.74. The van der Waals surface area contributed by atoms with Gasteiger partial charge in [-0.2, -0.15) is 0 Å². The lowest BCUT2D eigenvalue weighted by Crippen LogP contribution is -2.57. The summed E-state index contributed by atoms with van der Waals surface area (Å²) in [6, 6.07) is 5.72. The van der Waals surface area contributed by atoms with Crippen LogP contribution >= 0.6 is 15.9 Å². The average molecular weight is 427 g/mol. The van der Waals surface area contributed by atoms with E-state index in [2.05, 4.69) is 48.5 Å². The smallest absolute Gasteiger partial charge is 0.240 e. The summed E-state index contributed by atoms with van der Waals surface area (Å²) in [6.45, 7) is 10.4. The van der Waals surface area contributed by atoms with Crippen LogP contribution in [0.3, 0.4) is 0 Å². The summed E-state index contributed by atoms with van der Waals surface area (Å²) in [4.78, 5) is 17.4. The summed E-state index contributed by atoms with van der Waals surface area (Å²) >= 11 is 3.50. The van der Waals surface area contributed by atoms with E-state index in [0.717, 1.165) is 28.9 Å². The SMILES string of the molecule is COc1ccc(Br)cc1CN(C)C(=O)[C@H](C(C)C)N1C[C@@H](C)O[C@@H](C)C1. The van der Waals surface area contributed by atoms with Gasteiger partial charge in [-0.05, 0) is 38.0 Å². The molecule has 1 heterocycles. The Morgan fingerprint density at radius 1 is 1.35 bits per heavy atom. The predicted molar refractivity (Wildman–Crippen MR) is 107 cm³/mol. The molecule has 3 atom stereocenters. The molecule has 0 unspecified atom stereocenters. The molecule has 26 heavy (non-hydrogen) atoms. The fourth-order valence-corrected chi connectivity index (χ4v) is 4.15. The van der Waals surface area contributed by atoms with Crippen molar-refractivity contribution in [3.8, 4) is 5.75 Å². The largest absolute Gasteiger partial charge is 0.496 e. The van der Waals surface area contributed by atoms with Crippen LogP contribution in [0.25, 0.3) is 0 Å². The third kappa shape index (κ3) is 5.21. The van der Waals surface area contributed by atoms with Gasteiger partial charge in [0.05, 0.1) is 25.4 Å². The topological polar surface area (TPSA) is 42.0 Å². The molecule has 1 fully saturated rings. The van der Waals surface area contributed by atoms with Crippen molar-refractivity contribution in [2.45, 2.75) is 52.5 Å². The minimum absolute atomic E-state index is 0.142. The molecule has 0 aliphatic carbocycles. The molecule has 1 aliphatic heterocycles. The van der Waals surface area contributed by atoms with Gasteiger partial charge < -0.3 is 14.4 Å². The molecule has 0 radical (unpaired) electrons. The van der Waals surface area contributed by atoms with Gasteiger partial charge in [0.2, 0.25) is 5.91 Å². The van der Waals surface area contributed by atoms with Gasteiger partial charge in [-0.25, -0.2) is 0 Å². The number of carbonyl (C=O) groups excluding carboxylic acids is 1. The maximum Gasteiger partial charge on any atom is 0.240 e. The number of carbonyl (C=O) groups is 1. The second-order valence-electron chi connectivity index (χ2n) is 7.55. The first kappa shape index (κ1) is 21.2. The third-order valence-corrected chi connectivity index (χ3v) is 5.25. The number of rotatable bonds is 6. The predicted octanol–water partition coefficient (Wildman–Crippen LogP) is 3.55. The van der Waals surface area contributed by atoms with Crippen LogP contribution in [0, 0.1) is 5.92 Å². The molecule has 1 aromatic carbocycles. The number of ether oxygens (including phenoxy) is 2. The van der Waals surface area contributed by atoms with Crippen LogP contribution in [0.2, 0.25) is 0 Å². The molecule has 1 amide bonds. The number of likely N-dealkylation sites (N-methyl/N-ethyl adjacent to an activating group) is 1. The van der Waals surface area contributed by atoms with E-state index in [0.29, 0.717) is 6.54 Å². The van der Waals surface area contributed by atoms with E-state index in [9.17, 15) is 4.79 Å². The molecule has 5 nitrogen and oxygen atoms in total. The van der Waals surface area contributed by atoms with Gasteiger partial charge in [0.25, 0.3) is 0 Å². The highest BCUT2D eigenvalue weighted by atomic mass is 79.9. The number of amides is 1. The van der Waals surface area contributed by atoms with Gasteiger partial charge in [-0.15, -0.1) is 0 Å². The van der Waals surface area contributed by atoms with Gasteiger partial charge in [-0.3, -0.25) is 9.69 Å². The van der Waals surface area contributed by atoms with Crippen molar-refractivity contribution in [1.82, 2.24) is 9.80 Å². The lowest BCUT2D eigenvalue weighted by molar-refractivity contribution is -0.144. The van der Waals surface area contributed by atoms with E-state index in [1.54, 1.807) is 12.0 Å². The Kier molecular flexibility index (Phi) is 7.50. The monoisotopic (exact) mass is 426 g/mol. The molecule has 1 aliphatic rings. The second-order valence-corrected chi connectivity index (χ2v) is 8.47. The maximum absolute atomic E-state index is 13.3. The zero-order valence-corrected chi connectivity index (χ0v) is 18.2. The first-order chi connectivity index (χ1) is 12.2. The first-order valence-electron chi connectivity index (χ1n) is 9.19. The van der Waals surface area contributed by atoms with E-state index in [-0.39, 0.29) is 30.1 Å². The van der Waals surface area contributed by atoms with E-state index < -0.39 is 0 Å². The molecule has 1 aromatic rings. The number of halogens is 1. The number of nitrogens with zero attached hydrogens (tertiary/aromatic N) is 2. The fraction of sp³-hybridized carbons (Fsp3) is 0.650. The van der Waals surface area contributed by atoms with Crippen LogP contribution in [0.15, 0.2) is 22.7 Å². The van der Waals surface area contributed by atoms with Crippen molar-refractivity contribution in [2.24, 2.45) is 5.92 Å². The molecule has 1 saturated heterocycles. The minimum Gasteiger partial charge on any atom is -0.496 e. The van der Waals surface area contributed by atoms with E-state index >= 15 is 0 Å². The average Bonchev–Trinajstić information content (AvgIpc) is 2.53. The van der Waals surface area contributed by atoms with Gasteiger partial charge in [0.1, 0.15) is 5.75 Å². The Labute approximate surface area is 165 Å². The molecule has 0 spiro atoms. The van der Waals surface area contributed by atoms with Crippen molar-refractivity contribution in [3.63, 3.8) is 0 Å². The highest BCUT2D eigenvalue weighted by Crippen LogP contribution is 2.25. The summed E-state index contributed by atoms with van der Waals surface area (Å²) < 4.78 is 12.3.